The van der Waals surface area contributed by atoms with Crippen LogP contribution < -0.4 is 20.7 Å². The van der Waals surface area contributed by atoms with Gasteiger partial charge >= 0.3 is 6.03 Å². The quantitative estimate of drug-likeness (QED) is 0.577. The van der Waals surface area contributed by atoms with E-state index in [-0.39, 0.29) is 12.5 Å². The van der Waals surface area contributed by atoms with Crippen molar-refractivity contribution in [3.8, 4) is 5.75 Å². The monoisotopic (exact) mass is 362 g/mol. The average molecular weight is 362 g/mol. The summed E-state index contributed by atoms with van der Waals surface area (Å²) in [7, 11) is 1.53. The number of hydrogen-bond donors (Lipinski definition) is 3. The third kappa shape index (κ3) is 3.93. The average Bonchev–Trinajstić information content (AvgIpc) is 2.84. The van der Waals surface area contributed by atoms with Crippen molar-refractivity contribution in [2.75, 3.05) is 26.7 Å². The number of likely N-dealkylation sites (N-methyl/N-ethyl adjacent to an activating group) is 1. The van der Waals surface area contributed by atoms with Gasteiger partial charge in [-0.2, -0.15) is 0 Å². The van der Waals surface area contributed by atoms with Crippen LogP contribution in [0.1, 0.15) is 19.4 Å². The second-order valence-electron chi connectivity index (χ2n) is 5.91. The van der Waals surface area contributed by atoms with Crippen LogP contribution in [-0.4, -0.2) is 55.4 Å². The number of hydrogen-bond acceptors (Lipinski definition) is 5. The van der Waals surface area contributed by atoms with Gasteiger partial charge in [0.15, 0.2) is 0 Å². The number of imide groups is 1. The molecule has 0 bridgehead atoms. The number of nitrogens with one attached hydrogen (secondary N) is 3. The molecule has 1 heterocycles. The maximum absolute atomic E-state index is 12.7. The number of rotatable bonds is 7. The number of methoxy groups -OCH3 is 1. The van der Waals surface area contributed by atoms with Crippen LogP contribution in [0.15, 0.2) is 24.3 Å². The van der Waals surface area contributed by atoms with Crippen molar-refractivity contribution in [1.29, 1.82) is 0 Å². The summed E-state index contributed by atoms with van der Waals surface area (Å²) in [6, 6.07) is 6.05. The van der Waals surface area contributed by atoms with Crippen molar-refractivity contribution in [1.82, 2.24) is 20.9 Å². The van der Waals surface area contributed by atoms with Crippen molar-refractivity contribution in [3.63, 3.8) is 0 Å². The van der Waals surface area contributed by atoms with Gasteiger partial charge in [-0.3, -0.25) is 19.3 Å². The normalized spacial score (nSPS) is 19.1. The Balaban J connectivity index is 2.05. The van der Waals surface area contributed by atoms with E-state index in [9.17, 15) is 19.2 Å². The molecule has 1 atom stereocenters. The Labute approximate surface area is 151 Å². The van der Waals surface area contributed by atoms with Crippen LogP contribution in [0.25, 0.3) is 0 Å². The fraction of sp³-hybridized carbons (Fsp3) is 0.412. The highest BCUT2D eigenvalue weighted by atomic mass is 16.5. The Morgan fingerprint density at radius 3 is 2.38 bits per heavy atom. The Morgan fingerprint density at radius 2 is 1.81 bits per heavy atom. The molecule has 1 aromatic carbocycles. The van der Waals surface area contributed by atoms with E-state index < -0.39 is 29.9 Å². The highest BCUT2D eigenvalue weighted by Crippen LogP contribution is 2.29. The van der Waals surface area contributed by atoms with E-state index in [1.54, 1.807) is 38.1 Å². The van der Waals surface area contributed by atoms with Crippen LogP contribution in [0.3, 0.4) is 0 Å². The molecular formula is C17H22N4O5. The van der Waals surface area contributed by atoms with E-state index in [2.05, 4.69) is 16.0 Å². The number of nitrogens with zero attached hydrogens (tertiary/aromatic N) is 1. The molecule has 0 aromatic heterocycles. The molecule has 1 fully saturated rings. The lowest BCUT2D eigenvalue weighted by atomic mass is 9.92. The summed E-state index contributed by atoms with van der Waals surface area (Å²) in [5.41, 5.74) is -0.703. The minimum Gasteiger partial charge on any atom is -0.497 e. The molecule has 1 saturated heterocycles. The van der Waals surface area contributed by atoms with E-state index in [4.69, 9.17) is 4.74 Å². The predicted molar refractivity (Wildman–Crippen MR) is 92.3 cm³/mol. The van der Waals surface area contributed by atoms with Gasteiger partial charge in [-0.25, -0.2) is 4.79 Å². The second kappa shape index (κ2) is 7.85. The SMILES string of the molecule is CCNC(=O)CNC(=O)CN1C(=O)N[C@@](C)(c2ccc(OC)cc2)C1=O. The number of carbonyl (C=O) groups excluding carboxylic acids is 4. The first-order valence-corrected chi connectivity index (χ1v) is 8.13. The van der Waals surface area contributed by atoms with Crippen LogP contribution in [0.2, 0.25) is 0 Å². The number of ether oxygens (including phenoxy) is 1. The summed E-state index contributed by atoms with van der Waals surface area (Å²) < 4.78 is 5.08. The van der Waals surface area contributed by atoms with Gasteiger partial charge < -0.3 is 20.7 Å². The zero-order valence-corrected chi connectivity index (χ0v) is 14.9. The lowest BCUT2D eigenvalue weighted by Crippen LogP contribution is -2.45. The van der Waals surface area contributed by atoms with Crippen LogP contribution in [0.5, 0.6) is 5.75 Å². The highest BCUT2D eigenvalue weighted by molar-refractivity contribution is 6.09. The Kier molecular flexibility index (Phi) is 5.81. The van der Waals surface area contributed by atoms with E-state index in [0.717, 1.165) is 4.90 Å². The molecule has 140 valence electrons. The number of urea groups is 1. The fourth-order valence-electron chi connectivity index (χ4n) is 2.60. The van der Waals surface area contributed by atoms with Crippen molar-refractivity contribution < 1.29 is 23.9 Å². The Bertz CT molecular complexity index is 718. The first kappa shape index (κ1) is 19.2. The first-order chi connectivity index (χ1) is 12.3. The molecule has 1 aliphatic heterocycles. The molecule has 0 unspecified atom stereocenters. The van der Waals surface area contributed by atoms with Crippen LogP contribution >= 0.6 is 0 Å². The molecule has 3 N–H and O–H groups in total. The predicted octanol–water partition coefficient (Wildman–Crippen LogP) is -0.285. The zero-order valence-electron chi connectivity index (χ0n) is 14.9. The minimum atomic E-state index is -1.27. The van der Waals surface area contributed by atoms with E-state index >= 15 is 0 Å². The molecule has 2 rings (SSSR count). The fourth-order valence-corrected chi connectivity index (χ4v) is 2.60. The maximum Gasteiger partial charge on any atom is 0.325 e. The van der Waals surface area contributed by atoms with Gasteiger partial charge in [0.1, 0.15) is 17.8 Å². The number of carbonyl (C=O) groups is 4. The highest BCUT2D eigenvalue weighted by Gasteiger charge is 2.49. The Hall–Kier alpha value is -3.10. The van der Waals surface area contributed by atoms with Gasteiger partial charge in [0.2, 0.25) is 11.8 Å². The molecule has 0 saturated carbocycles. The standard InChI is InChI=1S/C17H22N4O5/c1-4-18-13(22)9-19-14(23)10-21-15(24)17(2,20-16(21)25)11-5-7-12(26-3)8-6-11/h5-8H,4,9-10H2,1-3H3,(H,18,22)(H,19,23)(H,20,25)/t17-/m0/s1. The lowest BCUT2D eigenvalue weighted by molar-refractivity contribution is -0.135. The van der Waals surface area contributed by atoms with Crippen molar-refractivity contribution in [2.24, 2.45) is 0 Å². The molecule has 5 amide bonds. The summed E-state index contributed by atoms with van der Waals surface area (Å²) in [5, 5.41) is 7.52. The third-order valence-corrected chi connectivity index (χ3v) is 4.06. The summed E-state index contributed by atoms with van der Waals surface area (Å²) in [4.78, 5) is 49.0. The van der Waals surface area contributed by atoms with Gasteiger partial charge in [-0.1, -0.05) is 12.1 Å². The molecule has 26 heavy (non-hydrogen) atoms. The molecule has 1 aromatic rings. The smallest absolute Gasteiger partial charge is 0.325 e. The molecule has 9 heteroatoms. The molecule has 1 aliphatic rings. The third-order valence-electron chi connectivity index (χ3n) is 4.06. The van der Waals surface area contributed by atoms with Gasteiger partial charge in [0, 0.05) is 6.54 Å². The molecular weight excluding hydrogens is 340 g/mol. The summed E-state index contributed by atoms with van der Waals surface area (Å²) in [5.74, 6) is -0.864. The number of amides is 5. The summed E-state index contributed by atoms with van der Waals surface area (Å²) >= 11 is 0. The molecule has 9 nitrogen and oxygen atoms in total. The largest absolute Gasteiger partial charge is 0.497 e. The van der Waals surface area contributed by atoms with Crippen molar-refractivity contribution in [2.45, 2.75) is 19.4 Å². The summed E-state index contributed by atoms with van der Waals surface area (Å²) in [6.07, 6.45) is 0. The van der Waals surface area contributed by atoms with Crippen molar-refractivity contribution >= 4 is 23.8 Å². The lowest BCUT2D eigenvalue weighted by Gasteiger charge is -2.22. The van der Waals surface area contributed by atoms with Crippen LogP contribution in [0, 0.1) is 0 Å². The van der Waals surface area contributed by atoms with E-state index in [1.807, 2.05) is 0 Å². The number of benzene rings is 1. The first-order valence-electron chi connectivity index (χ1n) is 8.13. The Morgan fingerprint density at radius 1 is 1.15 bits per heavy atom. The van der Waals surface area contributed by atoms with Gasteiger partial charge in [0.05, 0.1) is 13.7 Å². The van der Waals surface area contributed by atoms with E-state index in [1.165, 1.54) is 7.11 Å². The maximum atomic E-state index is 12.7. The zero-order chi connectivity index (χ0) is 19.3. The van der Waals surface area contributed by atoms with Crippen LogP contribution in [-0.2, 0) is 19.9 Å². The van der Waals surface area contributed by atoms with Crippen LogP contribution in [0.4, 0.5) is 4.79 Å². The molecule has 0 radical (unpaired) electrons. The van der Waals surface area contributed by atoms with Crippen molar-refractivity contribution in [3.05, 3.63) is 29.8 Å². The van der Waals surface area contributed by atoms with Gasteiger partial charge in [-0.05, 0) is 31.5 Å². The van der Waals surface area contributed by atoms with Gasteiger partial charge in [-0.15, -0.1) is 0 Å². The minimum absolute atomic E-state index is 0.216. The molecule has 0 aliphatic carbocycles. The summed E-state index contributed by atoms with van der Waals surface area (Å²) in [6.45, 7) is 3.10. The topological polar surface area (TPSA) is 117 Å². The molecule has 0 spiro atoms. The van der Waals surface area contributed by atoms with E-state index in [0.29, 0.717) is 17.9 Å². The second-order valence-corrected chi connectivity index (χ2v) is 5.91. The van der Waals surface area contributed by atoms with Gasteiger partial charge in [0.25, 0.3) is 5.91 Å².